The molecule has 0 saturated carbocycles. The monoisotopic (exact) mass is 250 g/mol. The quantitative estimate of drug-likeness (QED) is 0.659. The van der Waals surface area contributed by atoms with E-state index in [-0.39, 0.29) is 22.7 Å². The lowest BCUT2D eigenvalue weighted by atomic mass is 10.1. The second-order valence-corrected chi connectivity index (χ2v) is 3.14. The fraction of sp³-hybridized carbons (Fsp3) is 0.333. The summed E-state index contributed by atoms with van der Waals surface area (Å²) in [6, 6.07) is 0. The Balaban J connectivity index is 3.35. The minimum atomic E-state index is -2.81. The van der Waals surface area contributed by atoms with Gasteiger partial charge in [0.05, 0.1) is 24.2 Å². The fourth-order valence-electron chi connectivity index (χ4n) is 1.18. The minimum absolute atomic E-state index is 0.000556. The zero-order chi connectivity index (χ0) is 12.3. The van der Waals surface area contributed by atoms with Gasteiger partial charge in [-0.05, 0) is 0 Å². The van der Waals surface area contributed by atoms with Gasteiger partial charge in [0, 0.05) is 11.8 Å². The van der Waals surface area contributed by atoms with Crippen molar-refractivity contribution in [3.63, 3.8) is 0 Å². The minimum Gasteiger partial charge on any atom is -0.465 e. The first-order valence-corrected chi connectivity index (χ1v) is 4.76. The van der Waals surface area contributed by atoms with E-state index >= 15 is 0 Å². The lowest BCUT2D eigenvalue weighted by Gasteiger charge is -2.11. The molecule has 1 aromatic rings. The maximum absolute atomic E-state index is 12.5. The van der Waals surface area contributed by atoms with E-state index in [1.165, 1.54) is 0 Å². The van der Waals surface area contributed by atoms with Crippen molar-refractivity contribution in [1.29, 1.82) is 0 Å². The second kappa shape index (κ2) is 5.07. The first-order valence-electron chi connectivity index (χ1n) is 4.22. The number of esters is 1. The third-order valence-electron chi connectivity index (χ3n) is 2.00. The van der Waals surface area contributed by atoms with E-state index in [2.05, 4.69) is 9.72 Å². The lowest BCUT2D eigenvalue weighted by Crippen LogP contribution is -2.11. The number of halogens is 3. The number of nitrogens with two attached hydrogens (primary N) is 1. The first-order chi connectivity index (χ1) is 7.52. The number of carbonyl (C=O) groups is 1. The van der Waals surface area contributed by atoms with Gasteiger partial charge < -0.3 is 10.5 Å². The summed E-state index contributed by atoms with van der Waals surface area (Å²) in [5.41, 5.74) is 4.71. The van der Waals surface area contributed by atoms with E-state index in [9.17, 15) is 13.6 Å². The molecule has 0 aliphatic carbocycles. The maximum Gasteiger partial charge on any atom is 0.339 e. The average molecular weight is 251 g/mol. The van der Waals surface area contributed by atoms with Crippen LogP contribution in [0.3, 0.4) is 0 Å². The van der Waals surface area contributed by atoms with E-state index in [0.717, 1.165) is 13.3 Å². The van der Waals surface area contributed by atoms with Crippen molar-refractivity contribution in [1.82, 2.24) is 4.98 Å². The number of alkyl halides is 3. The van der Waals surface area contributed by atoms with Gasteiger partial charge in [0.15, 0.2) is 0 Å². The molecule has 0 spiro atoms. The fourth-order valence-corrected chi connectivity index (χ4v) is 1.47. The molecule has 88 valence electrons. The highest BCUT2D eigenvalue weighted by atomic mass is 35.5. The molecule has 4 nitrogen and oxygen atoms in total. The molecule has 0 fully saturated rings. The molecule has 16 heavy (non-hydrogen) atoms. The van der Waals surface area contributed by atoms with Gasteiger partial charge in [-0.15, -0.1) is 11.6 Å². The van der Waals surface area contributed by atoms with Crippen molar-refractivity contribution >= 4 is 23.3 Å². The van der Waals surface area contributed by atoms with Crippen LogP contribution in [0.15, 0.2) is 6.20 Å². The molecule has 0 aromatic carbocycles. The number of pyridine rings is 1. The molecule has 0 aliphatic heterocycles. The molecule has 0 saturated heterocycles. The van der Waals surface area contributed by atoms with Crippen molar-refractivity contribution in [2.24, 2.45) is 0 Å². The van der Waals surface area contributed by atoms with Crippen LogP contribution in [0.5, 0.6) is 0 Å². The number of methoxy groups -OCH3 is 1. The van der Waals surface area contributed by atoms with Crippen molar-refractivity contribution in [2.75, 3.05) is 12.8 Å². The average Bonchev–Trinajstić information content (AvgIpc) is 2.26. The summed E-state index contributed by atoms with van der Waals surface area (Å²) in [6.45, 7) is 0. The number of nitrogen functional groups attached to an aromatic ring is 1. The Labute approximate surface area is 95.4 Å². The highest BCUT2D eigenvalue weighted by molar-refractivity contribution is 6.18. The highest BCUT2D eigenvalue weighted by Gasteiger charge is 2.21. The van der Waals surface area contributed by atoms with E-state index in [1.807, 2.05) is 0 Å². The van der Waals surface area contributed by atoms with Gasteiger partial charge in [-0.2, -0.15) is 0 Å². The number of hydrogen-bond acceptors (Lipinski definition) is 4. The molecule has 2 N–H and O–H groups in total. The van der Waals surface area contributed by atoms with Crippen molar-refractivity contribution in [3.05, 3.63) is 23.0 Å². The van der Waals surface area contributed by atoms with Crippen LogP contribution in [0, 0.1) is 0 Å². The summed E-state index contributed by atoms with van der Waals surface area (Å²) in [5.74, 6) is -0.880. The number of hydrogen-bond donors (Lipinski definition) is 1. The zero-order valence-electron chi connectivity index (χ0n) is 8.34. The normalized spacial score (nSPS) is 10.6. The summed E-state index contributed by atoms with van der Waals surface area (Å²) >= 11 is 5.55. The third kappa shape index (κ3) is 2.21. The predicted octanol–water partition coefficient (Wildman–Crippen LogP) is 2.13. The van der Waals surface area contributed by atoms with E-state index in [0.29, 0.717) is 0 Å². The number of anilines is 1. The standard InChI is InChI=1S/C9H9ClF2N2O2/c1-16-9(15)5-3-14-7(8(11)12)6(13)4(5)2-10/h3,8H,2,13H2,1H3. The molecular weight excluding hydrogens is 242 g/mol. The molecule has 1 heterocycles. The predicted molar refractivity (Wildman–Crippen MR) is 54.5 cm³/mol. The summed E-state index contributed by atoms with van der Waals surface area (Å²) in [4.78, 5) is 14.7. The van der Waals surface area contributed by atoms with E-state index < -0.39 is 18.1 Å². The zero-order valence-corrected chi connectivity index (χ0v) is 9.09. The Morgan fingerprint density at radius 1 is 1.69 bits per heavy atom. The van der Waals surface area contributed by atoms with Gasteiger partial charge in [-0.1, -0.05) is 0 Å². The van der Waals surface area contributed by atoms with Crippen LogP contribution in [-0.4, -0.2) is 18.1 Å². The smallest absolute Gasteiger partial charge is 0.339 e. The van der Waals surface area contributed by atoms with Crippen LogP contribution in [0.1, 0.15) is 28.0 Å². The molecule has 0 amide bonds. The van der Waals surface area contributed by atoms with Crippen LogP contribution in [0.4, 0.5) is 14.5 Å². The van der Waals surface area contributed by atoms with E-state index in [1.54, 1.807) is 0 Å². The molecule has 0 unspecified atom stereocenters. The van der Waals surface area contributed by atoms with Gasteiger partial charge in [0.25, 0.3) is 6.43 Å². The van der Waals surface area contributed by atoms with Gasteiger partial charge in [-0.25, -0.2) is 13.6 Å². The molecule has 0 bridgehead atoms. The molecular formula is C9H9ClF2N2O2. The Bertz CT molecular complexity index is 413. The summed E-state index contributed by atoms with van der Waals surface area (Å²) in [6.07, 6.45) is -1.82. The third-order valence-corrected chi connectivity index (χ3v) is 2.27. The number of aromatic nitrogens is 1. The molecule has 1 rings (SSSR count). The molecule has 7 heteroatoms. The molecule has 0 aliphatic rings. The second-order valence-electron chi connectivity index (χ2n) is 2.88. The van der Waals surface area contributed by atoms with Crippen LogP contribution >= 0.6 is 11.6 Å². The number of rotatable bonds is 3. The first kappa shape index (κ1) is 12.6. The Kier molecular flexibility index (Phi) is 4.00. The van der Waals surface area contributed by atoms with Gasteiger partial charge in [0.2, 0.25) is 0 Å². The van der Waals surface area contributed by atoms with Crippen LogP contribution < -0.4 is 5.73 Å². The maximum atomic E-state index is 12.5. The number of ether oxygens (including phenoxy) is 1. The summed E-state index contributed by atoms with van der Waals surface area (Å²) < 4.78 is 29.4. The molecule has 0 radical (unpaired) electrons. The Morgan fingerprint density at radius 2 is 2.31 bits per heavy atom. The van der Waals surface area contributed by atoms with E-state index in [4.69, 9.17) is 17.3 Å². The van der Waals surface area contributed by atoms with Crippen molar-refractivity contribution in [2.45, 2.75) is 12.3 Å². The summed E-state index contributed by atoms with van der Waals surface area (Å²) in [7, 11) is 1.16. The van der Waals surface area contributed by atoms with Gasteiger partial charge >= 0.3 is 5.97 Å². The topological polar surface area (TPSA) is 65.2 Å². The van der Waals surface area contributed by atoms with Crippen molar-refractivity contribution in [3.8, 4) is 0 Å². The highest BCUT2D eigenvalue weighted by Crippen LogP contribution is 2.28. The number of carbonyl (C=O) groups excluding carboxylic acids is 1. The van der Waals surface area contributed by atoms with Crippen molar-refractivity contribution < 1.29 is 18.3 Å². The molecule has 1 aromatic heterocycles. The Morgan fingerprint density at radius 3 is 2.75 bits per heavy atom. The lowest BCUT2D eigenvalue weighted by molar-refractivity contribution is 0.0598. The molecule has 0 atom stereocenters. The van der Waals surface area contributed by atoms with Gasteiger partial charge in [0.1, 0.15) is 5.69 Å². The largest absolute Gasteiger partial charge is 0.465 e. The SMILES string of the molecule is COC(=O)c1cnc(C(F)F)c(N)c1CCl. The van der Waals surface area contributed by atoms with Crippen LogP contribution in [-0.2, 0) is 10.6 Å². The Hall–Kier alpha value is -1.43. The van der Waals surface area contributed by atoms with Crippen LogP contribution in [0.2, 0.25) is 0 Å². The number of nitrogens with zero attached hydrogens (tertiary/aromatic N) is 1. The van der Waals surface area contributed by atoms with Crippen LogP contribution in [0.25, 0.3) is 0 Å². The van der Waals surface area contributed by atoms with Gasteiger partial charge in [-0.3, -0.25) is 4.98 Å². The summed E-state index contributed by atoms with van der Waals surface area (Å²) in [5, 5.41) is 0.